The number of hydrogen-bond acceptors (Lipinski definition) is 3. The van der Waals surface area contributed by atoms with Crippen molar-refractivity contribution >= 4 is 22.6 Å². The molecular weight excluding hydrogens is 248 g/mol. The van der Waals surface area contributed by atoms with Crippen LogP contribution in [0.4, 0.5) is 0 Å². The van der Waals surface area contributed by atoms with E-state index in [0.29, 0.717) is 0 Å². The maximum absolute atomic E-state index is 6.23. The molecule has 0 atom stereocenters. The zero-order chi connectivity index (χ0) is 13.1. The van der Waals surface area contributed by atoms with Gasteiger partial charge in [-0.1, -0.05) is 11.6 Å². The summed E-state index contributed by atoms with van der Waals surface area (Å²) < 4.78 is 0. The molecular formula is C13H19ClN4. The second-order valence-electron chi connectivity index (χ2n) is 4.87. The normalized spacial score (nSPS) is 11.9. The molecule has 0 aliphatic rings. The van der Waals surface area contributed by atoms with Crippen LogP contribution in [-0.2, 0) is 6.54 Å². The Morgan fingerprint density at radius 3 is 2.78 bits per heavy atom. The van der Waals surface area contributed by atoms with Crippen molar-refractivity contribution in [3.05, 3.63) is 29.0 Å². The number of likely N-dealkylation sites (N-methyl/N-ethyl adjacent to an activating group) is 2. The Balaban J connectivity index is 2.12. The summed E-state index contributed by atoms with van der Waals surface area (Å²) in [6.07, 6.45) is 3.72. The van der Waals surface area contributed by atoms with Gasteiger partial charge in [0.2, 0.25) is 0 Å². The molecule has 0 unspecified atom stereocenters. The first-order valence-electron chi connectivity index (χ1n) is 6.01. The molecule has 1 N–H and O–H groups in total. The van der Waals surface area contributed by atoms with E-state index in [4.69, 9.17) is 11.6 Å². The lowest BCUT2D eigenvalue weighted by atomic mass is 10.2. The number of rotatable bonds is 5. The first kappa shape index (κ1) is 13.3. The van der Waals surface area contributed by atoms with E-state index in [2.05, 4.69) is 40.9 Å². The topological polar surface area (TPSA) is 35.2 Å². The van der Waals surface area contributed by atoms with Gasteiger partial charge in [-0.2, -0.15) is 0 Å². The number of nitrogens with one attached hydrogen (secondary N) is 1. The van der Waals surface area contributed by atoms with Gasteiger partial charge in [0.05, 0.1) is 5.02 Å². The molecule has 2 rings (SSSR count). The predicted octanol–water partition coefficient (Wildman–Crippen LogP) is 2.21. The van der Waals surface area contributed by atoms with Crippen LogP contribution in [-0.4, -0.2) is 54.0 Å². The third-order valence-electron chi connectivity index (χ3n) is 2.97. The predicted molar refractivity (Wildman–Crippen MR) is 76.0 cm³/mol. The highest BCUT2D eigenvalue weighted by molar-refractivity contribution is 6.35. The maximum atomic E-state index is 6.23. The van der Waals surface area contributed by atoms with Gasteiger partial charge in [0.25, 0.3) is 0 Å². The summed E-state index contributed by atoms with van der Waals surface area (Å²) in [6.45, 7) is 2.95. The molecule has 0 saturated heterocycles. The summed E-state index contributed by atoms with van der Waals surface area (Å²) in [5.74, 6) is 0. The van der Waals surface area contributed by atoms with E-state index in [1.54, 1.807) is 6.20 Å². The van der Waals surface area contributed by atoms with Gasteiger partial charge < -0.3 is 14.8 Å². The molecule has 0 radical (unpaired) electrons. The average Bonchev–Trinajstić information content (AvgIpc) is 2.71. The summed E-state index contributed by atoms with van der Waals surface area (Å²) in [6, 6.07) is 1.83. The van der Waals surface area contributed by atoms with Gasteiger partial charge in [-0.3, -0.25) is 0 Å². The van der Waals surface area contributed by atoms with E-state index in [9.17, 15) is 0 Å². The first-order valence-corrected chi connectivity index (χ1v) is 6.39. The van der Waals surface area contributed by atoms with E-state index < -0.39 is 0 Å². The van der Waals surface area contributed by atoms with Crippen molar-refractivity contribution in [3.63, 3.8) is 0 Å². The molecule has 2 aromatic heterocycles. The Morgan fingerprint density at radius 1 is 1.28 bits per heavy atom. The van der Waals surface area contributed by atoms with Gasteiger partial charge in [-0.05, 0) is 32.8 Å². The van der Waals surface area contributed by atoms with Crippen LogP contribution in [0, 0.1) is 0 Å². The van der Waals surface area contributed by atoms with Crippen molar-refractivity contribution in [3.8, 4) is 0 Å². The lowest BCUT2D eigenvalue weighted by molar-refractivity contribution is 0.277. The van der Waals surface area contributed by atoms with Gasteiger partial charge in [-0.15, -0.1) is 0 Å². The second-order valence-corrected chi connectivity index (χ2v) is 5.28. The molecule has 0 bridgehead atoms. The molecule has 98 valence electrons. The number of H-pyrrole nitrogens is 1. The molecule has 0 fully saturated rings. The fourth-order valence-corrected chi connectivity index (χ4v) is 2.21. The second kappa shape index (κ2) is 5.69. The molecule has 5 heteroatoms. The third kappa shape index (κ3) is 3.02. The van der Waals surface area contributed by atoms with Gasteiger partial charge in [0.15, 0.2) is 0 Å². The van der Waals surface area contributed by atoms with E-state index in [0.717, 1.165) is 35.7 Å². The Morgan fingerprint density at radius 2 is 2.06 bits per heavy atom. The van der Waals surface area contributed by atoms with Crippen LogP contribution in [0.5, 0.6) is 0 Å². The standard InChI is InChI=1S/C13H19ClN4/c1-17(2)6-7-18(3)9-10-8-16-13-12(10)11(14)4-5-15-13/h4-5,8H,6-7,9H2,1-3H3,(H,15,16). The van der Waals surface area contributed by atoms with Crippen LogP contribution in [0.3, 0.4) is 0 Å². The number of pyridine rings is 1. The molecule has 4 nitrogen and oxygen atoms in total. The minimum absolute atomic E-state index is 0.761. The van der Waals surface area contributed by atoms with Crippen molar-refractivity contribution in [2.45, 2.75) is 6.54 Å². The SMILES string of the molecule is CN(C)CCN(C)Cc1c[nH]c2nccc(Cl)c12. The highest BCUT2D eigenvalue weighted by atomic mass is 35.5. The van der Waals surface area contributed by atoms with Crippen molar-refractivity contribution in [1.82, 2.24) is 19.8 Å². The zero-order valence-corrected chi connectivity index (χ0v) is 11.8. The summed E-state index contributed by atoms with van der Waals surface area (Å²) in [5, 5.41) is 1.80. The minimum atomic E-state index is 0.761. The van der Waals surface area contributed by atoms with Gasteiger partial charge >= 0.3 is 0 Å². The highest BCUT2D eigenvalue weighted by Gasteiger charge is 2.10. The minimum Gasteiger partial charge on any atom is -0.346 e. The number of nitrogens with zero attached hydrogens (tertiary/aromatic N) is 3. The number of hydrogen-bond donors (Lipinski definition) is 1. The molecule has 0 aliphatic carbocycles. The summed E-state index contributed by atoms with van der Waals surface area (Å²) in [4.78, 5) is 11.9. The van der Waals surface area contributed by atoms with Crippen molar-refractivity contribution in [2.75, 3.05) is 34.2 Å². The first-order chi connectivity index (χ1) is 8.58. The molecule has 0 spiro atoms. The monoisotopic (exact) mass is 266 g/mol. The lowest BCUT2D eigenvalue weighted by Crippen LogP contribution is -2.28. The van der Waals surface area contributed by atoms with E-state index >= 15 is 0 Å². The van der Waals surface area contributed by atoms with Crippen LogP contribution in [0.1, 0.15) is 5.56 Å². The van der Waals surface area contributed by atoms with Crippen LogP contribution in [0.2, 0.25) is 5.02 Å². The van der Waals surface area contributed by atoms with E-state index in [-0.39, 0.29) is 0 Å². The molecule has 0 aliphatic heterocycles. The molecule has 2 aromatic rings. The Hall–Kier alpha value is -1.10. The Labute approximate surface area is 113 Å². The van der Waals surface area contributed by atoms with E-state index in [1.165, 1.54) is 5.56 Å². The summed E-state index contributed by atoms with van der Waals surface area (Å²) in [7, 11) is 6.28. The van der Waals surface area contributed by atoms with E-state index in [1.807, 2.05) is 12.3 Å². The molecule has 2 heterocycles. The van der Waals surface area contributed by atoms with Crippen molar-refractivity contribution in [2.24, 2.45) is 0 Å². The molecule has 0 saturated carbocycles. The highest BCUT2D eigenvalue weighted by Crippen LogP contribution is 2.25. The number of halogens is 1. The van der Waals surface area contributed by atoms with Gasteiger partial charge in [-0.25, -0.2) is 4.98 Å². The smallest absolute Gasteiger partial charge is 0.139 e. The fraction of sp³-hybridized carbons (Fsp3) is 0.462. The summed E-state index contributed by atoms with van der Waals surface area (Å²) in [5.41, 5.74) is 2.06. The van der Waals surface area contributed by atoms with Gasteiger partial charge in [0.1, 0.15) is 5.65 Å². The molecule has 0 amide bonds. The van der Waals surface area contributed by atoms with Crippen molar-refractivity contribution < 1.29 is 0 Å². The van der Waals surface area contributed by atoms with Gasteiger partial charge in [0, 0.05) is 37.4 Å². The van der Waals surface area contributed by atoms with Crippen LogP contribution < -0.4 is 0 Å². The number of aromatic amines is 1. The third-order valence-corrected chi connectivity index (χ3v) is 3.29. The largest absolute Gasteiger partial charge is 0.346 e. The zero-order valence-electron chi connectivity index (χ0n) is 11.1. The quantitative estimate of drug-likeness (QED) is 0.901. The lowest BCUT2D eigenvalue weighted by Gasteiger charge is -2.18. The van der Waals surface area contributed by atoms with Crippen LogP contribution in [0.15, 0.2) is 18.5 Å². The maximum Gasteiger partial charge on any atom is 0.139 e. The molecule has 18 heavy (non-hydrogen) atoms. The summed E-state index contributed by atoms with van der Waals surface area (Å²) >= 11 is 6.23. The van der Waals surface area contributed by atoms with Crippen LogP contribution >= 0.6 is 11.6 Å². The number of aromatic nitrogens is 2. The number of fused-ring (bicyclic) bond motifs is 1. The fourth-order valence-electron chi connectivity index (χ4n) is 1.95. The Kier molecular flexibility index (Phi) is 4.22. The Bertz CT molecular complexity index is 521. The average molecular weight is 267 g/mol. The molecule has 0 aromatic carbocycles. The van der Waals surface area contributed by atoms with Crippen LogP contribution in [0.25, 0.3) is 11.0 Å². The van der Waals surface area contributed by atoms with Crippen molar-refractivity contribution in [1.29, 1.82) is 0 Å².